The first-order valence-corrected chi connectivity index (χ1v) is 6.27. The molecule has 20 heavy (non-hydrogen) atoms. The number of fused-ring (bicyclic) bond motifs is 1. The molecule has 0 fully saturated rings. The fourth-order valence-corrected chi connectivity index (χ4v) is 2.24. The lowest BCUT2D eigenvalue weighted by Gasteiger charge is -2.01. The Morgan fingerprint density at radius 1 is 1.25 bits per heavy atom. The number of hydrogen-bond donors (Lipinski definition) is 1. The topological polar surface area (TPSA) is 78.7 Å². The molecule has 3 rings (SSSR count). The second kappa shape index (κ2) is 4.19. The van der Waals surface area contributed by atoms with Crippen LogP contribution < -0.4 is 5.73 Å². The smallest absolute Gasteiger partial charge is 0.339 e. The molecule has 0 aliphatic heterocycles. The van der Waals surface area contributed by atoms with Crippen molar-refractivity contribution in [3.05, 3.63) is 35.5 Å². The normalized spacial score (nSPS) is 11.2. The van der Waals surface area contributed by atoms with Gasteiger partial charge in [0.1, 0.15) is 5.69 Å². The lowest BCUT2D eigenvalue weighted by Crippen LogP contribution is -2.19. The molecule has 6 nitrogen and oxygen atoms in total. The van der Waals surface area contributed by atoms with Crippen molar-refractivity contribution in [3.63, 3.8) is 0 Å². The van der Waals surface area contributed by atoms with E-state index in [-0.39, 0.29) is 0 Å². The Morgan fingerprint density at radius 2 is 1.95 bits per heavy atom. The van der Waals surface area contributed by atoms with E-state index in [1.165, 1.54) is 17.3 Å². The molecule has 102 valence electrons. The van der Waals surface area contributed by atoms with Gasteiger partial charge in [-0.1, -0.05) is 0 Å². The van der Waals surface area contributed by atoms with Gasteiger partial charge in [-0.3, -0.25) is 0 Å². The Morgan fingerprint density at radius 3 is 2.60 bits per heavy atom. The molecule has 0 aliphatic rings. The molecule has 0 bridgehead atoms. The highest BCUT2D eigenvalue weighted by Gasteiger charge is 2.14. The first kappa shape index (κ1) is 12.4. The van der Waals surface area contributed by atoms with E-state index in [4.69, 9.17) is 5.73 Å². The summed E-state index contributed by atoms with van der Waals surface area (Å²) in [5.74, 6) is 0.713. The molecule has 3 aromatic rings. The average Bonchev–Trinajstić information content (AvgIpc) is 2.97. The Bertz CT molecular complexity index is 828. The summed E-state index contributed by atoms with van der Waals surface area (Å²) >= 11 is 0. The third-order valence-corrected chi connectivity index (χ3v) is 3.54. The quantitative estimate of drug-likeness (QED) is 0.733. The minimum Gasteiger partial charge on any atom is -0.350 e. The summed E-state index contributed by atoms with van der Waals surface area (Å²) in [6, 6.07) is 5.28. The number of carbonyl (C=O) groups is 1. The number of aryl methyl sites for hydroxylation is 3. The van der Waals surface area contributed by atoms with Gasteiger partial charge < -0.3 is 10.3 Å². The third-order valence-electron chi connectivity index (χ3n) is 3.54. The van der Waals surface area contributed by atoms with Crippen molar-refractivity contribution in [2.24, 2.45) is 12.8 Å². The van der Waals surface area contributed by atoms with Crippen molar-refractivity contribution in [3.8, 4) is 11.5 Å². The van der Waals surface area contributed by atoms with E-state index in [1.807, 2.05) is 11.6 Å². The number of imidazole rings is 1. The minimum atomic E-state index is -0.610. The van der Waals surface area contributed by atoms with Gasteiger partial charge in [0.2, 0.25) is 0 Å². The molecular formula is C14H15N5O. The van der Waals surface area contributed by atoms with Gasteiger partial charge in [0.25, 0.3) is 0 Å². The van der Waals surface area contributed by atoms with Crippen LogP contribution in [0.5, 0.6) is 0 Å². The molecular weight excluding hydrogens is 254 g/mol. The molecule has 0 atom stereocenters. The van der Waals surface area contributed by atoms with Crippen LogP contribution >= 0.6 is 0 Å². The van der Waals surface area contributed by atoms with Crippen LogP contribution in [-0.4, -0.2) is 25.4 Å². The lowest BCUT2D eigenvalue weighted by molar-refractivity contribution is 0.248. The van der Waals surface area contributed by atoms with E-state index < -0.39 is 6.03 Å². The number of hydrogen-bond acceptors (Lipinski definition) is 3. The van der Waals surface area contributed by atoms with E-state index >= 15 is 0 Å². The molecule has 0 saturated carbocycles. The maximum atomic E-state index is 11.1. The van der Waals surface area contributed by atoms with Gasteiger partial charge in [-0.2, -0.15) is 9.78 Å². The van der Waals surface area contributed by atoms with Crippen LogP contribution in [0.3, 0.4) is 0 Å². The zero-order valence-corrected chi connectivity index (χ0v) is 11.6. The average molecular weight is 269 g/mol. The molecule has 1 amide bonds. The Hall–Kier alpha value is -2.63. The molecule has 6 heteroatoms. The molecule has 0 spiro atoms. The van der Waals surface area contributed by atoms with Crippen LogP contribution in [0.2, 0.25) is 0 Å². The highest BCUT2D eigenvalue weighted by molar-refractivity contribution is 5.82. The monoisotopic (exact) mass is 269 g/mol. The predicted octanol–water partition coefficient (Wildman–Crippen LogP) is 1.98. The Labute approximate surface area is 115 Å². The second-order valence-corrected chi connectivity index (χ2v) is 4.90. The summed E-state index contributed by atoms with van der Waals surface area (Å²) in [7, 11) is 1.93. The molecule has 0 aliphatic carbocycles. The fourth-order valence-electron chi connectivity index (χ4n) is 2.24. The number of nitrogens with two attached hydrogens (primary N) is 1. The number of carbonyl (C=O) groups excluding carboxylic acids is 1. The fraction of sp³-hybridized carbons (Fsp3) is 0.214. The van der Waals surface area contributed by atoms with Gasteiger partial charge in [0, 0.05) is 13.2 Å². The van der Waals surface area contributed by atoms with Gasteiger partial charge >= 0.3 is 6.03 Å². The van der Waals surface area contributed by atoms with Gasteiger partial charge in [-0.15, -0.1) is 0 Å². The number of primary amides is 1. The summed E-state index contributed by atoms with van der Waals surface area (Å²) in [6.07, 6.45) is 1.54. The molecule has 1 aromatic carbocycles. The van der Waals surface area contributed by atoms with Gasteiger partial charge in [-0.05, 0) is 43.2 Å². The van der Waals surface area contributed by atoms with Crippen LogP contribution in [0.25, 0.3) is 22.6 Å². The molecule has 0 radical (unpaired) electrons. The van der Waals surface area contributed by atoms with Crippen molar-refractivity contribution >= 4 is 17.1 Å². The van der Waals surface area contributed by atoms with Crippen molar-refractivity contribution in [1.82, 2.24) is 19.3 Å². The summed E-state index contributed by atoms with van der Waals surface area (Å²) < 4.78 is 3.07. The highest BCUT2D eigenvalue weighted by atomic mass is 16.2. The predicted molar refractivity (Wildman–Crippen MR) is 76.4 cm³/mol. The zero-order chi connectivity index (χ0) is 14.4. The summed E-state index contributed by atoms with van der Waals surface area (Å²) in [5, 5.41) is 4.14. The van der Waals surface area contributed by atoms with E-state index in [1.54, 1.807) is 6.07 Å². The number of benzene rings is 1. The van der Waals surface area contributed by atoms with Crippen LogP contribution in [0.15, 0.2) is 24.4 Å². The summed E-state index contributed by atoms with van der Waals surface area (Å²) in [4.78, 5) is 15.7. The van der Waals surface area contributed by atoms with Gasteiger partial charge in [-0.25, -0.2) is 9.78 Å². The Balaban J connectivity index is 2.20. The third kappa shape index (κ3) is 1.77. The summed E-state index contributed by atoms with van der Waals surface area (Å²) in [6.45, 7) is 4.13. The first-order valence-electron chi connectivity index (χ1n) is 6.27. The standard InChI is InChI=1S/C14H15N5O/c1-8-6-11-12(7-9(8)2)18(3)13(16-11)10-4-5-19(17-10)14(15)20/h4-7H,1-3H3,(H2,15,20). The summed E-state index contributed by atoms with van der Waals surface area (Å²) in [5.41, 5.74) is 10.2. The van der Waals surface area contributed by atoms with E-state index in [9.17, 15) is 4.79 Å². The molecule has 2 aromatic heterocycles. The number of amides is 1. The van der Waals surface area contributed by atoms with Crippen molar-refractivity contribution in [2.75, 3.05) is 0 Å². The Kier molecular flexibility index (Phi) is 2.60. The minimum absolute atomic E-state index is 0.610. The molecule has 2 N–H and O–H groups in total. The van der Waals surface area contributed by atoms with Crippen LogP contribution in [0.1, 0.15) is 11.1 Å². The lowest BCUT2D eigenvalue weighted by atomic mass is 10.1. The van der Waals surface area contributed by atoms with Gasteiger partial charge in [0.15, 0.2) is 5.82 Å². The molecule has 2 heterocycles. The van der Waals surface area contributed by atoms with Crippen LogP contribution in [-0.2, 0) is 7.05 Å². The maximum absolute atomic E-state index is 11.1. The van der Waals surface area contributed by atoms with E-state index in [2.05, 4.69) is 36.1 Å². The zero-order valence-electron chi connectivity index (χ0n) is 11.6. The first-order chi connectivity index (χ1) is 9.47. The van der Waals surface area contributed by atoms with E-state index in [0.717, 1.165) is 15.7 Å². The van der Waals surface area contributed by atoms with Crippen molar-refractivity contribution < 1.29 is 4.79 Å². The van der Waals surface area contributed by atoms with Crippen molar-refractivity contribution in [1.29, 1.82) is 0 Å². The second-order valence-electron chi connectivity index (χ2n) is 4.90. The number of rotatable bonds is 1. The largest absolute Gasteiger partial charge is 0.350 e. The number of aromatic nitrogens is 4. The van der Waals surface area contributed by atoms with Gasteiger partial charge in [0.05, 0.1) is 11.0 Å². The highest BCUT2D eigenvalue weighted by Crippen LogP contribution is 2.24. The molecule has 0 saturated heterocycles. The van der Waals surface area contributed by atoms with Crippen LogP contribution in [0, 0.1) is 13.8 Å². The van der Waals surface area contributed by atoms with Crippen molar-refractivity contribution in [2.45, 2.75) is 13.8 Å². The maximum Gasteiger partial charge on any atom is 0.339 e. The molecule has 0 unspecified atom stereocenters. The van der Waals surface area contributed by atoms with E-state index in [0.29, 0.717) is 11.5 Å². The van der Waals surface area contributed by atoms with Crippen LogP contribution in [0.4, 0.5) is 4.79 Å². The SMILES string of the molecule is Cc1cc2nc(-c3ccn(C(N)=O)n3)n(C)c2cc1C. The number of nitrogens with zero attached hydrogens (tertiary/aromatic N) is 4.